The number of benzene rings is 1. The largest absolute Gasteiger partial charge is 0.393 e. The van der Waals surface area contributed by atoms with Crippen LogP contribution in [0.3, 0.4) is 0 Å². The van der Waals surface area contributed by atoms with Crippen molar-refractivity contribution >= 4 is 23.0 Å². The molecule has 0 bridgehead atoms. The number of nitrogens with one attached hydrogen (secondary N) is 1. The number of nitrogens with two attached hydrogens (primary N) is 1. The highest BCUT2D eigenvalue weighted by Crippen LogP contribution is 2.31. The van der Waals surface area contributed by atoms with Gasteiger partial charge in [0, 0.05) is 18.8 Å². The van der Waals surface area contributed by atoms with Gasteiger partial charge in [-0.15, -0.1) is 0 Å². The van der Waals surface area contributed by atoms with Crippen molar-refractivity contribution in [1.82, 2.24) is 9.97 Å². The van der Waals surface area contributed by atoms with Gasteiger partial charge in [0.25, 0.3) is 0 Å². The summed E-state index contributed by atoms with van der Waals surface area (Å²) in [5.41, 5.74) is 9.29. The molecule has 0 amide bonds. The predicted octanol–water partition coefficient (Wildman–Crippen LogP) is 3.60. The zero-order valence-corrected chi connectivity index (χ0v) is 13.9. The minimum Gasteiger partial charge on any atom is -0.393 e. The molecule has 2 aromatic rings. The Morgan fingerprint density at radius 1 is 1.22 bits per heavy atom. The van der Waals surface area contributed by atoms with Crippen LogP contribution in [0.15, 0.2) is 30.6 Å². The molecule has 122 valence electrons. The predicted molar refractivity (Wildman–Crippen MR) is 96.2 cm³/mol. The number of aromatic nitrogens is 2. The number of para-hydroxylation sites is 1. The number of aryl methyl sites for hydroxylation is 1. The van der Waals surface area contributed by atoms with Crippen molar-refractivity contribution in [1.29, 1.82) is 0 Å². The Bertz CT molecular complexity index is 662. The number of rotatable bonds is 4. The lowest BCUT2D eigenvalue weighted by Gasteiger charge is -2.32. The molecule has 1 aromatic carbocycles. The lowest BCUT2D eigenvalue weighted by atomic mass is 9.99. The molecule has 5 nitrogen and oxygen atoms in total. The number of nitrogens with zero attached hydrogens (tertiary/aromatic N) is 3. The maximum Gasteiger partial charge on any atom is 0.159 e. The molecule has 0 spiro atoms. The summed E-state index contributed by atoms with van der Waals surface area (Å²) < 4.78 is 0. The molecule has 1 saturated heterocycles. The van der Waals surface area contributed by atoms with Crippen LogP contribution in [0.4, 0.5) is 23.0 Å². The molecule has 0 unspecified atom stereocenters. The van der Waals surface area contributed by atoms with E-state index in [0.29, 0.717) is 11.5 Å². The van der Waals surface area contributed by atoms with Crippen molar-refractivity contribution in [2.75, 3.05) is 29.0 Å². The molecule has 3 rings (SSSR count). The first-order valence-corrected chi connectivity index (χ1v) is 8.39. The van der Waals surface area contributed by atoms with Gasteiger partial charge in [0.15, 0.2) is 11.6 Å². The Morgan fingerprint density at radius 3 is 2.70 bits per heavy atom. The average Bonchev–Trinajstić information content (AvgIpc) is 2.58. The third-order valence-electron chi connectivity index (χ3n) is 4.60. The Balaban J connectivity index is 1.85. The summed E-state index contributed by atoms with van der Waals surface area (Å²) in [6.07, 6.45) is 4.93. The highest BCUT2D eigenvalue weighted by atomic mass is 15.2. The standard InChI is InChI=1S/C18H25N5/c1-3-14-6-4-5-7-15(14)22-17-16(19)18(21-12-20-17)23-10-8-13(2)9-11-23/h4-7,12-13H,3,8-11,19H2,1-2H3,(H,20,21,22). The van der Waals surface area contributed by atoms with Crippen LogP contribution in [0.5, 0.6) is 0 Å². The summed E-state index contributed by atoms with van der Waals surface area (Å²) in [4.78, 5) is 11.0. The molecule has 2 heterocycles. The van der Waals surface area contributed by atoms with E-state index < -0.39 is 0 Å². The molecular formula is C18H25N5. The highest BCUT2D eigenvalue weighted by Gasteiger charge is 2.20. The molecule has 1 aliphatic heterocycles. The lowest BCUT2D eigenvalue weighted by molar-refractivity contribution is 0.437. The van der Waals surface area contributed by atoms with Crippen LogP contribution in [-0.4, -0.2) is 23.1 Å². The summed E-state index contributed by atoms with van der Waals surface area (Å²) >= 11 is 0. The Hall–Kier alpha value is -2.30. The van der Waals surface area contributed by atoms with E-state index in [-0.39, 0.29) is 0 Å². The van der Waals surface area contributed by atoms with Gasteiger partial charge in [-0.3, -0.25) is 0 Å². The summed E-state index contributed by atoms with van der Waals surface area (Å²) in [6, 6.07) is 8.24. The first kappa shape index (κ1) is 15.6. The van der Waals surface area contributed by atoms with E-state index in [0.717, 1.165) is 36.9 Å². The Kier molecular flexibility index (Phi) is 4.65. The van der Waals surface area contributed by atoms with Gasteiger partial charge in [0.05, 0.1) is 0 Å². The van der Waals surface area contributed by atoms with Crippen molar-refractivity contribution in [2.45, 2.75) is 33.1 Å². The smallest absolute Gasteiger partial charge is 0.159 e. The van der Waals surface area contributed by atoms with Gasteiger partial charge < -0.3 is 16.0 Å². The second kappa shape index (κ2) is 6.86. The van der Waals surface area contributed by atoms with Crippen molar-refractivity contribution < 1.29 is 0 Å². The lowest BCUT2D eigenvalue weighted by Crippen LogP contribution is -2.34. The van der Waals surface area contributed by atoms with Gasteiger partial charge in [-0.05, 0) is 36.8 Å². The van der Waals surface area contributed by atoms with E-state index in [1.165, 1.54) is 18.4 Å². The van der Waals surface area contributed by atoms with Crippen LogP contribution in [0.2, 0.25) is 0 Å². The topological polar surface area (TPSA) is 67.1 Å². The fraction of sp³-hybridized carbons (Fsp3) is 0.444. The molecule has 5 heteroatoms. The fourth-order valence-electron chi connectivity index (χ4n) is 3.04. The average molecular weight is 311 g/mol. The molecular weight excluding hydrogens is 286 g/mol. The maximum atomic E-state index is 6.36. The van der Waals surface area contributed by atoms with E-state index in [1.807, 2.05) is 12.1 Å². The van der Waals surface area contributed by atoms with Crippen LogP contribution < -0.4 is 16.0 Å². The quantitative estimate of drug-likeness (QED) is 0.903. The van der Waals surface area contributed by atoms with Crippen LogP contribution in [0, 0.1) is 5.92 Å². The minimum atomic E-state index is 0.632. The monoisotopic (exact) mass is 311 g/mol. The van der Waals surface area contributed by atoms with E-state index >= 15 is 0 Å². The number of hydrogen-bond acceptors (Lipinski definition) is 5. The Morgan fingerprint density at radius 2 is 1.96 bits per heavy atom. The van der Waals surface area contributed by atoms with Gasteiger partial charge in [0.1, 0.15) is 12.0 Å². The van der Waals surface area contributed by atoms with Crippen LogP contribution in [0.1, 0.15) is 32.3 Å². The fourth-order valence-corrected chi connectivity index (χ4v) is 3.04. The van der Waals surface area contributed by atoms with Crippen molar-refractivity contribution in [2.24, 2.45) is 5.92 Å². The third-order valence-corrected chi connectivity index (χ3v) is 4.60. The second-order valence-electron chi connectivity index (χ2n) is 6.26. The van der Waals surface area contributed by atoms with E-state index in [4.69, 9.17) is 5.73 Å². The van der Waals surface area contributed by atoms with Crippen molar-refractivity contribution in [3.8, 4) is 0 Å². The number of anilines is 4. The van der Waals surface area contributed by atoms with Gasteiger partial charge in [0.2, 0.25) is 0 Å². The molecule has 0 saturated carbocycles. The molecule has 0 aliphatic carbocycles. The zero-order chi connectivity index (χ0) is 16.2. The number of hydrogen-bond donors (Lipinski definition) is 2. The van der Waals surface area contributed by atoms with Gasteiger partial charge in [-0.25, -0.2) is 9.97 Å². The molecule has 1 aliphatic rings. The first-order valence-electron chi connectivity index (χ1n) is 8.39. The van der Waals surface area contributed by atoms with E-state index in [2.05, 4.69) is 46.2 Å². The first-order chi connectivity index (χ1) is 11.2. The maximum absolute atomic E-state index is 6.36. The van der Waals surface area contributed by atoms with E-state index in [1.54, 1.807) is 6.33 Å². The zero-order valence-electron chi connectivity index (χ0n) is 13.9. The minimum absolute atomic E-state index is 0.632. The molecule has 0 radical (unpaired) electrons. The van der Waals surface area contributed by atoms with E-state index in [9.17, 15) is 0 Å². The number of piperidine rings is 1. The summed E-state index contributed by atoms with van der Waals surface area (Å²) in [5.74, 6) is 2.32. The highest BCUT2D eigenvalue weighted by molar-refractivity contribution is 5.79. The van der Waals surface area contributed by atoms with Crippen LogP contribution in [-0.2, 0) is 6.42 Å². The van der Waals surface area contributed by atoms with Gasteiger partial charge in [-0.2, -0.15) is 0 Å². The molecule has 0 atom stereocenters. The van der Waals surface area contributed by atoms with Crippen LogP contribution >= 0.6 is 0 Å². The summed E-state index contributed by atoms with van der Waals surface area (Å²) in [6.45, 7) is 6.46. The van der Waals surface area contributed by atoms with Gasteiger partial charge >= 0.3 is 0 Å². The Labute approximate surface area is 137 Å². The van der Waals surface area contributed by atoms with Gasteiger partial charge in [-0.1, -0.05) is 32.0 Å². The summed E-state index contributed by atoms with van der Waals surface area (Å²) in [5, 5.41) is 3.38. The normalized spacial score (nSPS) is 15.7. The number of nitrogen functional groups attached to an aromatic ring is 1. The van der Waals surface area contributed by atoms with Crippen molar-refractivity contribution in [3.05, 3.63) is 36.2 Å². The molecule has 3 N–H and O–H groups in total. The second-order valence-corrected chi connectivity index (χ2v) is 6.26. The van der Waals surface area contributed by atoms with Crippen LogP contribution in [0.25, 0.3) is 0 Å². The molecule has 1 aromatic heterocycles. The molecule has 1 fully saturated rings. The molecule has 23 heavy (non-hydrogen) atoms. The third kappa shape index (κ3) is 3.38. The SMILES string of the molecule is CCc1ccccc1Nc1ncnc(N2CCC(C)CC2)c1N. The summed E-state index contributed by atoms with van der Waals surface area (Å²) in [7, 11) is 0. The van der Waals surface area contributed by atoms with Crippen molar-refractivity contribution in [3.63, 3.8) is 0 Å².